The highest BCUT2D eigenvalue weighted by Crippen LogP contribution is 2.60. The Bertz CT molecular complexity index is 1210. The normalized spacial score (nSPS) is 25.0. The summed E-state index contributed by atoms with van der Waals surface area (Å²) in [6, 6.07) is 1.20. The van der Waals surface area contributed by atoms with Gasteiger partial charge in [0.25, 0.3) is 5.92 Å². The number of amides is 2. The van der Waals surface area contributed by atoms with Crippen LogP contribution in [-0.2, 0) is 12.1 Å². The molecule has 0 unspecified atom stereocenters. The van der Waals surface area contributed by atoms with E-state index in [1.54, 1.807) is 4.90 Å². The van der Waals surface area contributed by atoms with Gasteiger partial charge in [-0.1, -0.05) is 0 Å². The number of likely N-dealkylation sites (tertiary alicyclic amines) is 2. The lowest BCUT2D eigenvalue weighted by molar-refractivity contribution is -0.182. The average molecular weight is 524 g/mol. The standard InChI is InChI=1S/C24H26F5N7O/c25-23(26,16-3-4-17(32-31-16)24(27,28)29)15-7-22(8-15)11-36(12-22)20(37)35-9-21(10-35)5-14(6-21)19-30-18(33-34-19)13-1-2-13/h3-4,13-15H,1-2,5-12H2,(H,30,33,34). The molecule has 198 valence electrons. The van der Waals surface area contributed by atoms with E-state index in [-0.39, 0.29) is 29.7 Å². The molecule has 4 heterocycles. The lowest BCUT2D eigenvalue weighted by atomic mass is 9.55. The highest BCUT2D eigenvalue weighted by atomic mass is 19.4. The van der Waals surface area contributed by atoms with Gasteiger partial charge in [0, 0.05) is 54.8 Å². The van der Waals surface area contributed by atoms with E-state index in [1.165, 1.54) is 0 Å². The first kappa shape index (κ1) is 23.3. The summed E-state index contributed by atoms with van der Waals surface area (Å²) in [5.41, 5.74) is -2.22. The Balaban J connectivity index is 0.874. The Hall–Kier alpha value is -2.86. The number of aromatic nitrogens is 5. The molecule has 0 atom stereocenters. The molecule has 37 heavy (non-hydrogen) atoms. The van der Waals surface area contributed by atoms with Crippen LogP contribution in [0.15, 0.2) is 12.1 Å². The van der Waals surface area contributed by atoms with Crippen molar-refractivity contribution in [1.29, 1.82) is 0 Å². The molecule has 3 aliphatic carbocycles. The van der Waals surface area contributed by atoms with Gasteiger partial charge < -0.3 is 9.80 Å². The summed E-state index contributed by atoms with van der Waals surface area (Å²) in [4.78, 5) is 21.1. The maximum Gasteiger partial charge on any atom is 0.435 e. The second kappa shape index (κ2) is 7.37. The van der Waals surface area contributed by atoms with E-state index in [9.17, 15) is 26.7 Å². The molecule has 2 aliphatic heterocycles. The van der Waals surface area contributed by atoms with Crippen molar-refractivity contribution in [1.82, 2.24) is 35.2 Å². The Morgan fingerprint density at radius 3 is 1.97 bits per heavy atom. The molecule has 2 spiro atoms. The summed E-state index contributed by atoms with van der Waals surface area (Å²) in [5.74, 6) is -1.61. The number of hydrogen-bond acceptors (Lipinski definition) is 5. The molecule has 2 amide bonds. The predicted octanol–water partition coefficient (Wildman–Crippen LogP) is 4.29. The van der Waals surface area contributed by atoms with Gasteiger partial charge in [0.2, 0.25) is 0 Å². The molecular weight excluding hydrogens is 497 g/mol. The van der Waals surface area contributed by atoms with Gasteiger partial charge in [-0.15, -0.1) is 10.2 Å². The first-order valence-electron chi connectivity index (χ1n) is 12.7. The summed E-state index contributed by atoms with van der Waals surface area (Å²) in [6.07, 6.45) is -0.00488. The van der Waals surface area contributed by atoms with Crippen LogP contribution in [0.5, 0.6) is 0 Å². The second-order valence-electron chi connectivity index (χ2n) is 12.0. The van der Waals surface area contributed by atoms with Gasteiger partial charge in [0.1, 0.15) is 11.5 Å². The Labute approximate surface area is 209 Å². The molecule has 0 bridgehead atoms. The van der Waals surface area contributed by atoms with E-state index in [1.807, 2.05) is 4.90 Å². The van der Waals surface area contributed by atoms with Crippen molar-refractivity contribution in [3.05, 3.63) is 35.2 Å². The van der Waals surface area contributed by atoms with Crippen molar-refractivity contribution < 1.29 is 26.7 Å². The first-order valence-corrected chi connectivity index (χ1v) is 12.7. The monoisotopic (exact) mass is 523 g/mol. The third kappa shape index (κ3) is 3.70. The lowest BCUT2D eigenvalue weighted by Gasteiger charge is -2.63. The van der Waals surface area contributed by atoms with E-state index >= 15 is 0 Å². The minimum Gasteiger partial charge on any atom is -0.323 e. The third-order valence-electron chi connectivity index (χ3n) is 9.02. The summed E-state index contributed by atoms with van der Waals surface area (Å²) < 4.78 is 67.6. The van der Waals surface area contributed by atoms with Gasteiger partial charge in [0.15, 0.2) is 11.5 Å². The summed E-state index contributed by atoms with van der Waals surface area (Å²) in [6.45, 7) is 2.29. The van der Waals surface area contributed by atoms with Gasteiger partial charge in [-0.25, -0.2) is 9.78 Å². The number of halogens is 5. The summed E-state index contributed by atoms with van der Waals surface area (Å²) in [5, 5.41) is 13.5. The molecule has 7 rings (SSSR count). The van der Waals surface area contributed by atoms with Crippen LogP contribution < -0.4 is 0 Å². The maximum absolute atomic E-state index is 14.8. The zero-order chi connectivity index (χ0) is 25.8. The Kier molecular flexibility index (Phi) is 4.64. The number of rotatable bonds is 4. The maximum atomic E-state index is 14.8. The molecule has 2 saturated heterocycles. The van der Waals surface area contributed by atoms with E-state index < -0.39 is 29.4 Å². The molecule has 8 nitrogen and oxygen atoms in total. The molecule has 0 radical (unpaired) electrons. The van der Waals surface area contributed by atoms with Crippen LogP contribution in [0.3, 0.4) is 0 Å². The molecule has 5 aliphatic rings. The fraction of sp³-hybridized carbons (Fsp3) is 0.708. The van der Waals surface area contributed by atoms with Crippen molar-refractivity contribution >= 4 is 6.03 Å². The largest absolute Gasteiger partial charge is 0.435 e. The number of aromatic amines is 1. The predicted molar refractivity (Wildman–Crippen MR) is 117 cm³/mol. The van der Waals surface area contributed by atoms with Gasteiger partial charge in [-0.05, 0) is 50.7 Å². The zero-order valence-corrected chi connectivity index (χ0v) is 19.9. The minimum absolute atomic E-state index is 0.0424. The lowest BCUT2D eigenvalue weighted by Crippen LogP contribution is -2.71. The molecular formula is C24H26F5N7O. The number of carbonyl (C=O) groups excluding carboxylic acids is 1. The molecule has 2 aromatic rings. The van der Waals surface area contributed by atoms with Crippen LogP contribution >= 0.6 is 0 Å². The fourth-order valence-corrected chi connectivity index (χ4v) is 6.80. The smallest absolute Gasteiger partial charge is 0.323 e. The summed E-state index contributed by atoms with van der Waals surface area (Å²) >= 11 is 0. The number of alkyl halides is 5. The Morgan fingerprint density at radius 2 is 1.43 bits per heavy atom. The average Bonchev–Trinajstić information content (AvgIpc) is 3.47. The molecule has 5 fully saturated rings. The van der Waals surface area contributed by atoms with Crippen LogP contribution in [0.25, 0.3) is 0 Å². The fourth-order valence-electron chi connectivity index (χ4n) is 6.80. The van der Waals surface area contributed by atoms with Gasteiger partial charge in [-0.3, -0.25) is 5.10 Å². The number of H-pyrrole nitrogens is 1. The van der Waals surface area contributed by atoms with Gasteiger partial charge in [-0.2, -0.15) is 27.1 Å². The number of urea groups is 1. The topological polar surface area (TPSA) is 90.9 Å². The second-order valence-corrected chi connectivity index (χ2v) is 12.0. The van der Waals surface area contributed by atoms with Crippen LogP contribution in [0.4, 0.5) is 26.7 Å². The molecule has 3 saturated carbocycles. The van der Waals surface area contributed by atoms with E-state index in [2.05, 4.69) is 25.4 Å². The highest BCUT2D eigenvalue weighted by molar-refractivity contribution is 5.77. The van der Waals surface area contributed by atoms with Crippen molar-refractivity contribution in [2.45, 2.75) is 62.5 Å². The molecule has 0 aromatic carbocycles. The van der Waals surface area contributed by atoms with E-state index in [0.29, 0.717) is 50.1 Å². The van der Waals surface area contributed by atoms with Crippen LogP contribution in [0.2, 0.25) is 0 Å². The van der Waals surface area contributed by atoms with Gasteiger partial charge >= 0.3 is 12.2 Å². The molecule has 2 aromatic heterocycles. The van der Waals surface area contributed by atoms with Crippen LogP contribution in [0.1, 0.15) is 73.4 Å². The number of nitrogens with zero attached hydrogens (tertiary/aromatic N) is 6. The molecule has 13 heteroatoms. The van der Waals surface area contributed by atoms with Gasteiger partial charge in [0.05, 0.1) is 0 Å². The number of carbonyl (C=O) groups is 1. The number of nitrogens with one attached hydrogen (secondary N) is 1. The van der Waals surface area contributed by atoms with Crippen molar-refractivity contribution in [3.63, 3.8) is 0 Å². The van der Waals surface area contributed by atoms with Crippen LogP contribution in [0, 0.1) is 16.7 Å². The highest BCUT2D eigenvalue weighted by Gasteiger charge is 2.63. The zero-order valence-electron chi connectivity index (χ0n) is 19.9. The number of hydrogen-bond donors (Lipinski definition) is 1. The van der Waals surface area contributed by atoms with Crippen molar-refractivity contribution in [2.24, 2.45) is 16.7 Å². The first-order chi connectivity index (χ1) is 17.5. The minimum atomic E-state index is -4.73. The third-order valence-corrected chi connectivity index (χ3v) is 9.02. The van der Waals surface area contributed by atoms with Crippen molar-refractivity contribution in [3.8, 4) is 0 Å². The van der Waals surface area contributed by atoms with Crippen molar-refractivity contribution in [2.75, 3.05) is 26.2 Å². The van der Waals surface area contributed by atoms with Crippen LogP contribution in [-0.4, -0.2) is 67.4 Å². The quantitative estimate of drug-likeness (QED) is 0.604. The summed E-state index contributed by atoms with van der Waals surface area (Å²) in [7, 11) is 0. The Morgan fingerprint density at radius 1 is 0.865 bits per heavy atom. The van der Waals surface area contributed by atoms with E-state index in [4.69, 9.17) is 0 Å². The SMILES string of the molecule is O=C(N1CC2(CC(c3nc(C4CC4)n[nH]3)C2)C1)N1CC2(CC(C(F)(F)c3ccc(C(F)(F)F)nn3)C2)C1. The molecule has 1 N–H and O–H groups in total. The van der Waals surface area contributed by atoms with E-state index in [0.717, 1.165) is 37.3 Å².